The van der Waals surface area contributed by atoms with Crippen molar-refractivity contribution < 1.29 is 19.1 Å². The van der Waals surface area contributed by atoms with Crippen molar-refractivity contribution in [3.63, 3.8) is 0 Å². The largest absolute Gasteiger partial charge is 0.449 e. The number of urea groups is 1. The van der Waals surface area contributed by atoms with Crippen LogP contribution in [0.15, 0.2) is 48.5 Å². The molecule has 3 amide bonds. The molecule has 0 radical (unpaired) electrons. The molecule has 26 heavy (non-hydrogen) atoms. The van der Waals surface area contributed by atoms with E-state index in [1.807, 2.05) is 6.07 Å². The number of carbonyl (C=O) groups is 3. The van der Waals surface area contributed by atoms with E-state index in [0.717, 1.165) is 0 Å². The summed E-state index contributed by atoms with van der Waals surface area (Å²) in [5.74, 6) is -1.19. The quantitative estimate of drug-likeness (QED) is 0.709. The summed E-state index contributed by atoms with van der Waals surface area (Å²) in [6.07, 6.45) is -1.03. The Hall–Kier alpha value is -3.86. The molecule has 132 valence electrons. The molecule has 0 saturated heterocycles. The Morgan fingerprint density at radius 3 is 2.08 bits per heavy atom. The van der Waals surface area contributed by atoms with E-state index in [1.54, 1.807) is 24.3 Å². The molecule has 8 nitrogen and oxygen atoms in total. The van der Waals surface area contributed by atoms with Crippen molar-refractivity contribution in [3.8, 4) is 6.07 Å². The summed E-state index contributed by atoms with van der Waals surface area (Å²) >= 11 is 0. The number of amides is 3. The standard InChI is InChI=1S/C18H16N4O4/c1-11(16(23)21-14-6-2-12(10-19)3-7-14)26-17(24)13-4-8-15(9-5-13)22-18(20)25/h2-9,11H,1H3,(H,21,23)(H3,20,22,25). The van der Waals surface area contributed by atoms with Gasteiger partial charge in [0.1, 0.15) is 0 Å². The van der Waals surface area contributed by atoms with E-state index in [0.29, 0.717) is 16.9 Å². The molecule has 0 saturated carbocycles. The van der Waals surface area contributed by atoms with E-state index < -0.39 is 24.0 Å². The minimum absolute atomic E-state index is 0.220. The molecule has 2 aromatic rings. The van der Waals surface area contributed by atoms with E-state index in [4.69, 9.17) is 15.7 Å². The lowest BCUT2D eigenvalue weighted by atomic mass is 10.2. The number of nitriles is 1. The molecule has 1 unspecified atom stereocenters. The summed E-state index contributed by atoms with van der Waals surface area (Å²) in [5, 5.41) is 13.7. The second-order valence-electron chi connectivity index (χ2n) is 5.29. The van der Waals surface area contributed by atoms with Gasteiger partial charge in [0, 0.05) is 11.4 Å². The van der Waals surface area contributed by atoms with Crippen LogP contribution in [0, 0.1) is 11.3 Å². The fraction of sp³-hybridized carbons (Fsp3) is 0.111. The minimum atomic E-state index is -1.03. The van der Waals surface area contributed by atoms with Gasteiger partial charge < -0.3 is 21.1 Å². The van der Waals surface area contributed by atoms with Gasteiger partial charge >= 0.3 is 12.0 Å². The van der Waals surface area contributed by atoms with Crippen LogP contribution in [-0.4, -0.2) is 24.0 Å². The summed E-state index contributed by atoms with van der Waals surface area (Å²) < 4.78 is 5.12. The predicted molar refractivity (Wildman–Crippen MR) is 94.3 cm³/mol. The van der Waals surface area contributed by atoms with Crippen molar-refractivity contribution in [2.24, 2.45) is 5.73 Å². The maximum atomic E-state index is 12.1. The molecule has 2 aromatic carbocycles. The topological polar surface area (TPSA) is 134 Å². The van der Waals surface area contributed by atoms with Crippen LogP contribution in [-0.2, 0) is 9.53 Å². The molecular weight excluding hydrogens is 336 g/mol. The predicted octanol–water partition coefficient (Wildman–Crippen LogP) is 2.23. The first kappa shape index (κ1) is 18.5. The number of nitrogens with two attached hydrogens (primary N) is 1. The number of nitrogens with one attached hydrogen (secondary N) is 2. The first-order chi connectivity index (χ1) is 12.4. The van der Waals surface area contributed by atoms with Crippen molar-refractivity contribution in [3.05, 3.63) is 59.7 Å². The van der Waals surface area contributed by atoms with Crippen LogP contribution in [0.1, 0.15) is 22.8 Å². The highest BCUT2D eigenvalue weighted by Crippen LogP contribution is 2.13. The lowest BCUT2D eigenvalue weighted by Gasteiger charge is -2.14. The first-order valence-corrected chi connectivity index (χ1v) is 7.57. The third kappa shape index (κ3) is 5.07. The number of anilines is 2. The van der Waals surface area contributed by atoms with E-state index in [-0.39, 0.29) is 5.56 Å². The second kappa shape index (κ2) is 8.30. The summed E-state index contributed by atoms with van der Waals surface area (Å²) in [7, 11) is 0. The number of esters is 1. The van der Waals surface area contributed by atoms with Crippen LogP contribution in [0.25, 0.3) is 0 Å². The Morgan fingerprint density at radius 1 is 1.00 bits per heavy atom. The van der Waals surface area contributed by atoms with Crippen LogP contribution in [0.4, 0.5) is 16.2 Å². The van der Waals surface area contributed by atoms with Crippen LogP contribution < -0.4 is 16.4 Å². The molecule has 1 atom stereocenters. The lowest BCUT2D eigenvalue weighted by Crippen LogP contribution is -2.30. The van der Waals surface area contributed by atoms with Crippen molar-refractivity contribution in [1.82, 2.24) is 0 Å². The summed E-state index contributed by atoms with van der Waals surface area (Å²) in [6, 6.07) is 13.4. The van der Waals surface area contributed by atoms with Crippen molar-refractivity contribution in [1.29, 1.82) is 5.26 Å². The third-order valence-corrected chi connectivity index (χ3v) is 3.32. The number of carbonyl (C=O) groups excluding carboxylic acids is 3. The van der Waals surface area contributed by atoms with E-state index in [2.05, 4.69) is 10.6 Å². The Labute approximate surface area is 149 Å². The van der Waals surface area contributed by atoms with Crippen molar-refractivity contribution in [2.75, 3.05) is 10.6 Å². The van der Waals surface area contributed by atoms with Gasteiger partial charge in [-0.15, -0.1) is 0 Å². The Balaban J connectivity index is 1.93. The molecular formula is C18H16N4O4. The molecule has 0 aliphatic heterocycles. The molecule has 0 bridgehead atoms. The lowest BCUT2D eigenvalue weighted by molar-refractivity contribution is -0.123. The second-order valence-corrected chi connectivity index (χ2v) is 5.29. The zero-order chi connectivity index (χ0) is 19.1. The first-order valence-electron chi connectivity index (χ1n) is 7.57. The van der Waals surface area contributed by atoms with E-state index >= 15 is 0 Å². The number of hydrogen-bond donors (Lipinski definition) is 3. The Morgan fingerprint density at radius 2 is 1.54 bits per heavy atom. The number of nitrogens with zero attached hydrogens (tertiary/aromatic N) is 1. The summed E-state index contributed by atoms with van der Waals surface area (Å²) in [4.78, 5) is 34.9. The van der Waals surface area contributed by atoms with Crippen molar-refractivity contribution in [2.45, 2.75) is 13.0 Å². The average molecular weight is 352 g/mol. The zero-order valence-electron chi connectivity index (χ0n) is 13.9. The zero-order valence-corrected chi connectivity index (χ0v) is 13.9. The molecule has 0 spiro atoms. The van der Waals surface area contributed by atoms with Gasteiger partial charge in [-0.2, -0.15) is 5.26 Å². The van der Waals surface area contributed by atoms with Crippen LogP contribution in [0.3, 0.4) is 0 Å². The van der Waals surface area contributed by atoms with Crippen molar-refractivity contribution >= 4 is 29.3 Å². The maximum absolute atomic E-state index is 12.1. The maximum Gasteiger partial charge on any atom is 0.338 e. The fourth-order valence-corrected chi connectivity index (χ4v) is 1.99. The van der Waals surface area contributed by atoms with Crippen LogP contribution >= 0.6 is 0 Å². The number of ether oxygens (including phenoxy) is 1. The molecule has 0 heterocycles. The summed E-state index contributed by atoms with van der Waals surface area (Å²) in [6.45, 7) is 1.44. The molecule has 0 aromatic heterocycles. The average Bonchev–Trinajstić information content (AvgIpc) is 2.62. The molecule has 2 rings (SSSR count). The fourth-order valence-electron chi connectivity index (χ4n) is 1.99. The van der Waals surface area contributed by atoms with E-state index in [1.165, 1.54) is 31.2 Å². The molecule has 0 aliphatic carbocycles. The molecule has 8 heteroatoms. The normalized spacial score (nSPS) is 10.9. The van der Waals surface area contributed by atoms with Gasteiger partial charge in [-0.1, -0.05) is 0 Å². The summed E-state index contributed by atoms with van der Waals surface area (Å²) in [5.41, 5.74) is 6.60. The van der Waals surface area contributed by atoms with Gasteiger partial charge in [-0.05, 0) is 55.5 Å². The Kier molecular flexibility index (Phi) is 5.90. The number of hydrogen-bond acceptors (Lipinski definition) is 5. The smallest absolute Gasteiger partial charge is 0.338 e. The molecule has 0 aliphatic rings. The monoisotopic (exact) mass is 352 g/mol. The highest BCUT2D eigenvalue weighted by atomic mass is 16.5. The van der Waals surface area contributed by atoms with Gasteiger partial charge in [0.2, 0.25) is 0 Å². The third-order valence-electron chi connectivity index (χ3n) is 3.32. The van der Waals surface area contributed by atoms with Crippen LogP contribution in [0.5, 0.6) is 0 Å². The number of rotatable bonds is 5. The van der Waals surface area contributed by atoms with Gasteiger partial charge in [0.25, 0.3) is 5.91 Å². The molecule has 4 N–H and O–H groups in total. The van der Waals surface area contributed by atoms with Gasteiger partial charge in [0.05, 0.1) is 17.2 Å². The van der Waals surface area contributed by atoms with Gasteiger partial charge in [-0.3, -0.25) is 4.79 Å². The Bertz CT molecular complexity index is 854. The number of benzene rings is 2. The highest BCUT2D eigenvalue weighted by molar-refractivity contribution is 5.97. The number of primary amides is 1. The highest BCUT2D eigenvalue weighted by Gasteiger charge is 2.19. The molecule has 0 fully saturated rings. The van der Waals surface area contributed by atoms with E-state index in [9.17, 15) is 14.4 Å². The van der Waals surface area contributed by atoms with Gasteiger partial charge in [-0.25, -0.2) is 9.59 Å². The SMILES string of the molecule is CC(OC(=O)c1ccc(NC(N)=O)cc1)C(=O)Nc1ccc(C#N)cc1. The van der Waals surface area contributed by atoms with Crippen LogP contribution in [0.2, 0.25) is 0 Å². The van der Waals surface area contributed by atoms with Gasteiger partial charge in [0.15, 0.2) is 6.10 Å². The minimum Gasteiger partial charge on any atom is -0.449 e.